The van der Waals surface area contributed by atoms with E-state index < -0.39 is 0 Å². The average molecular weight is 353 g/mol. The Balaban J connectivity index is 2.16. The van der Waals surface area contributed by atoms with Crippen LogP contribution in [0.3, 0.4) is 0 Å². The van der Waals surface area contributed by atoms with E-state index in [1.807, 2.05) is 66.7 Å². The summed E-state index contributed by atoms with van der Waals surface area (Å²) in [4.78, 5) is 0. The molecule has 4 heteroatoms. The molecule has 0 saturated heterocycles. The third-order valence-electron chi connectivity index (χ3n) is 3.48. The third-order valence-corrected chi connectivity index (χ3v) is 4.26. The lowest BCUT2D eigenvalue weighted by Gasteiger charge is -2.15. The van der Waals surface area contributed by atoms with Gasteiger partial charge in [-0.2, -0.15) is 0 Å². The molecule has 3 aromatic carbocycles. The summed E-state index contributed by atoms with van der Waals surface area (Å²) in [5.74, 6) is 0.648. The second-order valence-electron chi connectivity index (χ2n) is 4.81. The number of hydrogen-bond acceptors (Lipinski definition) is 2. The van der Waals surface area contributed by atoms with E-state index in [-0.39, 0.29) is 7.69 Å². The Bertz CT molecular complexity index is 761. The number of halogens is 1. The first-order valence-electron chi connectivity index (χ1n) is 6.98. The molecule has 0 heterocycles. The van der Waals surface area contributed by atoms with E-state index >= 15 is 0 Å². The first-order chi connectivity index (χ1) is 10.8. The predicted molar refractivity (Wildman–Crippen MR) is 95.0 cm³/mol. The molecule has 2 nitrogen and oxygen atoms in total. The van der Waals surface area contributed by atoms with Crippen molar-refractivity contribution in [1.82, 2.24) is 0 Å². The quantitative estimate of drug-likeness (QED) is 0.704. The molecule has 0 fully saturated rings. The molecule has 0 amide bonds. The zero-order valence-corrected chi connectivity index (χ0v) is 13.5. The first kappa shape index (κ1) is 14.9. The van der Waals surface area contributed by atoms with Crippen LogP contribution in [-0.2, 0) is 0 Å². The van der Waals surface area contributed by atoms with Crippen LogP contribution in [-0.4, -0.2) is 12.7 Å². The van der Waals surface area contributed by atoms with Crippen molar-refractivity contribution in [1.29, 1.82) is 0 Å². The van der Waals surface area contributed by atoms with E-state index in [2.05, 4.69) is 22.0 Å². The van der Waals surface area contributed by atoms with Gasteiger partial charge in [0.1, 0.15) is 5.75 Å². The fourth-order valence-electron chi connectivity index (χ4n) is 2.45. The molecule has 0 unspecified atom stereocenters. The average Bonchev–Trinajstić information content (AvgIpc) is 2.58. The summed E-state index contributed by atoms with van der Waals surface area (Å²) in [5.41, 5.74) is 4.12. The fraction of sp³-hybridized carbons (Fsp3) is 0. The van der Waals surface area contributed by atoms with E-state index in [0.29, 0.717) is 5.75 Å². The highest BCUT2D eigenvalue weighted by Crippen LogP contribution is 2.42. The Hall–Kier alpha value is -2.04. The van der Waals surface area contributed by atoms with Gasteiger partial charge in [0.05, 0.1) is 4.47 Å². The maximum absolute atomic E-state index is 9.23. The molecule has 3 aromatic rings. The predicted octanol–water partition coefficient (Wildman–Crippen LogP) is 4.42. The summed E-state index contributed by atoms with van der Waals surface area (Å²) >= 11 is 3.63. The summed E-state index contributed by atoms with van der Waals surface area (Å²) in [5, 5.41) is 9.23. The summed E-state index contributed by atoms with van der Waals surface area (Å²) in [6, 6.07) is 24.1. The van der Waals surface area contributed by atoms with Gasteiger partial charge in [0, 0.05) is 5.56 Å². The molecule has 0 atom stereocenters. The van der Waals surface area contributed by atoms with Gasteiger partial charge in [-0.05, 0) is 32.6 Å². The van der Waals surface area contributed by atoms with E-state index in [1.54, 1.807) is 0 Å². The van der Waals surface area contributed by atoms with Crippen molar-refractivity contribution in [2.45, 2.75) is 0 Å². The maximum atomic E-state index is 9.23. The lowest BCUT2D eigenvalue weighted by Crippen LogP contribution is -2.02. The number of benzene rings is 3. The van der Waals surface area contributed by atoms with Crippen LogP contribution >= 0.6 is 15.9 Å². The summed E-state index contributed by atoms with van der Waals surface area (Å²) in [6.45, 7) is 0. The fourth-order valence-corrected chi connectivity index (χ4v) is 3.14. The standard InChI is InChI=1S/C18H14BBrO2/c20-17-15(13-7-3-1-4-8-13)11-12-16(18(17)22-19-21)14-9-5-2-6-10-14/h1-12,19,21H. The van der Waals surface area contributed by atoms with Crippen LogP contribution in [0, 0.1) is 0 Å². The number of hydrogen-bond donors (Lipinski definition) is 1. The van der Waals surface area contributed by atoms with Crippen LogP contribution in [0.1, 0.15) is 0 Å². The minimum absolute atomic E-state index is 0.364. The van der Waals surface area contributed by atoms with Crippen molar-refractivity contribution in [2.24, 2.45) is 0 Å². The lowest BCUT2D eigenvalue weighted by molar-refractivity contribution is 0.453. The molecule has 0 aliphatic carbocycles. The zero-order chi connectivity index (χ0) is 15.4. The van der Waals surface area contributed by atoms with Gasteiger partial charge in [-0.3, -0.25) is 0 Å². The SMILES string of the molecule is OBOc1c(-c2ccccc2)ccc(-c2ccccc2)c1Br. The Labute approximate surface area is 138 Å². The molecule has 3 rings (SSSR count). The van der Waals surface area contributed by atoms with Gasteiger partial charge < -0.3 is 9.68 Å². The van der Waals surface area contributed by atoms with Gasteiger partial charge in [-0.15, -0.1) is 0 Å². The van der Waals surface area contributed by atoms with E-state index in [4.69, 9.17) is 4.65 Å². The molecule has 0 aliphatic rings. The van der Waals surface area contributed by atoms with Crippen LogP contribution in [0.5, 0.6) is 5.75 Å². The molecule has 0 bridgehead atoms. The van der Waals surface area contributed by atoms with Gasteiger partial charge in [0.2, 0.25) is 0 Å². The Morgan fingerprint density at radius 3 is 1.77 bits per heavy atom. The second-order valence-corrected chi connectivity index (χ2v) is 5.60. The highest BCUT2D eigenvalue weighted by molar-refractivity contribution is 9.10. The van der Waals surface area contributed by atoms with Crippen LogP contribution in [0.15, 0.2) is 77.3 Å². The minimum Gasteiger partial charge on any atom is -0.538 e. The monoisotopic (exact) mass is 352 g/mol. The topological polar surface area (TPSA) is 29.5 Å². The van der Waals surface area contributed by atoms with Crippen molar-refractivity contribution < 1.29 is 9.68 Å². The smallest absolute Gasteiger partial charge is 0.504 e. The Morgan fingerprint density at radius 1 is 0.727 bits per heavy atom. The minimum atomic E-state index is -0.364. The first-order valence-corrected chi connectivity index (χ1v) is 7.77. The zero-order valence-electron chi connectivity index (χ0n) is 11.9. The number of rotatable bonds is 4. The summed E-state index contributed by atoms with van der Waals surface area (Å²) < 4.78 is 6.33. The van der Waals surface area contributed by atoms with E-state index in [0.717, 1.165) is 26.7 Å². The normalized spacial score (nSPS) is 10.3. The lowest BCUT2D eigenvalue weighted by atomic mass is 9.99. The molecule has 0 radical (unpaired) electrons. The Kier molecular flexibility index (Phi) is 4.61. The molecule has 0 spiro atoms. The second kappa shape index (κ2) is 6.82. The van der Waals surface area contributed by atoms with Crippen molar-refractivity contribution in [2.75, 3.05) is 0 Å². The van der Waals surface area contributed by atoms with Gasteiger partial charge in [0.25, 0.3) is 0 Å². The van der Waals surface area contributed by atoms with Crippen molar-refractivity contribution in [3.63, 3.8) is 0 Å². The highest BCUT2D eigenvalue weighted by atomic mass is 79.9. The van der Waals surface area contributed by atoms with Crippen molar-refractivity contribution in [3.8, 4) is 28.0 Å². The molecule has 0 saturated carbocycles. The molecule has 1 N–H and O–H groups in total. The van der Waals surface area contributed by atoms with Crippen LogP contribution in [0.25, 0.3) is 22.3 Å². The van der Waals surface area contributed by atoms with Crippen molar-refractivity contribution >= 4 is 23.6 Å². The van der Waals surface area contributed by atoms with Crippen LogP contribution in [0.2, 0.25) is 0 Å². The van der Waals surface area contributed by atoms with Crippen LogP contribution in [0.4, 0.5) is 0 Å². The van der Waals surface area contributed by atoms with Gasteiger partial charge in [-0.25, -0.2) is 0 Å². The van der Waals surface area contributed by atoms with Gasteiger partial charge in [0.15, 0.2) is 0 Å². The highest BCUT2D eigenvalue weighted by Gasteiger charge is 2.15. The van der Waals surface area contributed by atoms with E-state index in [1.165, 1.54) is 0 Å². The third kappa shape index (κ3) is 2.94. The van der Waals surface area contributed by atoms with Gasteiger partial charge in [-0.1, -0.05) is 72.8 Å². The largest absolute Gasteiger partial charge is 0.538 e. The molecule has 108 valence electrons. The molecular weight excluding hydrogens is 339 g/mol. The van der Waals surface area contributed by atoms with E-state index in [9.17, 15) is 5.02 Å². The molecule has 0 aliphatic heterocycles. The molecule has 22 heavy (non-hydrogen) atoms. The molecule has 0 aromatic heterocycles. The Morgan fingerprint density at radius 2 is 1.23 bits per heavy atom. The molecular formula is C18H14BBrO2. The maximum Gasteiger partial charge on any atom is 0.504 e. The summed E-state index contributed by atoms with van der Waals surface area (Å²) in [6.07, 6.45) is 0. The van der Waals surface area contributed by atoms with Gasteiger partial charge >= 0.3 is 7.69 Å². The van der Waals surface area contributed by atoms with Crippen LogP contribution < -0.4 is 4.65 Å². The summed E-state index contributed by atoms with van der Waals surface area (Å²) in [7, 11) is -0.364. The van der Waals surface area contributed by atoms with Crippen molar-refractivity contribution in [3.05, 3.63) is 77.3 Å².